The highest BCUT2D eigenvalue weighted by Crippen LogP contribution is 2.23. The fourth-order valence-corrected chi connectivity index (χ4v) is 3.23. The van der Waals surface area contributed by atoms with Crippen LogP contribution in [0.3, 0.4) is 0 Å². The molecule has 2 aromatic heterocycles. The maximum Gasteiger partial charge on any atom is 0.163 e. The number of fused-ring (bicyclic) bond motifs is 1. The Morgan fingerprint density at radius 2 is 1.88 bits per heavy atom. The minimum Gasteiger partial charge on any atom is -0.353 e. The lowest BCUT2D eigenvalue weighted by Gasteiger charge is -2.35. The topological polar surface area (TPSA) is 50.1 Å². The largest absolute Gasteiger partial charge is 0.353 e. The summed E-state index contributed by atoms with van der Waals surface area (Å²) in [5, 5.41) is 5.17. The fourth-order valence-electron chi connectivity index (χ4n) is 3.23. The molecule has 0 atom stereocenters. The summed E-state index contributed by atoms with van der Waals surface area (Å²) in [6.07, 6.45) is 3.33. The van der Waals surface area contributed by atoms with E-state index in [-0.39, 0.29) is 0 Å². The van der Waals surface area contributed by atoms with E-state index in [9.17, 15) is 8.78 Å². The number of halogens is 2. The Bertz CT molecular complexity index is 901. The zero-order chi connectivity index (χ0) is 17.4. The minimum absolute atomic E-state index is 0.394. The smallest absolute Gasteiger partial charge is 0.163 e. The van der Waals surface area contributed by atoms with Crippen LogP contribution >= 0.6 is 0 Å². The molecule has 130 valence electrons. The zero-order valence-electron chi connectivity index (χ0n) is 13.9. The van der Waals surface area contributed by atoms with E-state index in [0.717, 1.165) is 49.1 Å². The number of nitrogens with zero attached hydrogens (tertiary/aromatic N) is 6. The van der Waals surface area contributed by atoms with E-state index in [1.54, 1.807) is 29.3 Å². The first-order chi connectivity index (χ1) is 12.1. The SMILES string of the molecule is Cn1ncc2c(N3CCN(Cc4cccc(F)c4F)CC3)ncnc21. The molecule has 0 saturated carbocycles. The van der Waals surface area contributed by atoms with E-state index >= 15 is 0 Å². The van der Waals surface area contributed by atoms with Gasteiger partial charge < -0.3 is 4.90 Å². The van der Waals surface area contributed by atoms with E-state index in [1.165, 1.54) is 0 Å². The lowest BCUT2D eigenvalue weighted by Crippen LogP contribution is -2.46. The highest BCUT2D eigenvalue weighted by molar-refractivity contribution is 5.86. The number of anilines is 1. The molecule has 1 saturated heterocycles. The summed E-state index contributed by atoms with van der Waals surface area (Å²) in [6, 6.07) is 4.32. The number of rotatable bonds is 3. The van der Waals surface area contributed by atoms with Gasteiger partial charge in [0.2, 0.25) is 0 Å². The molecule has 0 spiro atoms. The average molecular weight is 344 g/mol. The molecule has 0 N–H and O–H groups in total. The summed E-state index contributed by atoms with van der Waals surface area (Å²) in [5.74, 6) is -0.677. The second kappa shape index (κ2) is 6.36. The van der Waals surface area contributed by atoms with Gasteiger partial charge in [0.25, 0.3) is 0 Å². The maximum atomic E-state index is 13.8. The number of aryl methyl sites for hydroxylation is 1. The highest BCUT2D eigenvalue weighted by atomic mass is 19.2. The Kier molecular flexibility index (Phi) is 4.04. The van der Waals surface area contributed by atoms with E-state index in [2.05, 4.69) is 24.9 Å². The molecule has 6 nitrogen and oxygen atoms in total. The standard InChI is InChI=1S/C17H18F2N6/c1-23-16-13(9-22-23)17(21-11-20-16)25-7-5-24(6-8-25)10-12-3-2-4-14(18)15(12)19/h2-4,9,11H,5-8,10H2,1H3. The van der Waals surface area contributed by atoms with Crippen LogP contribution < -0.4 is 4.90 Å². The first-order valence-electron chi connectivity index (χ1n) is 8.16. The molecular formula is C17H18F2N6. The van der Waals surface area contributed by atoms with Crippen molar-refractivity contribution in [1.82, 2.24) is 24.6 Å². The molecule has 0 aliphatic carbocycles. The summed E-state index contributed by atoms with van der Waals surface area (Å²) in [7, 11) is 1.85. The van der Waals surface area contributed by atoms with Gasteiger partial charge in [0.1, 0.15) is 12.1 Å². The number of hydrogen-bond donors (Lipinski definition) is 0. The Morgan fingerprint density at radius 1 is 1.08 bits per heavy atom. The Balaban J connectivity index is 1.47. The van der Waals surface area contributed by atoms with Crippen molar-refractivity contribution >= 4 is 16.9 Å². The second-order valence-electron chi connectivity index (χ2n) is 6.18. The Labute approximate surface area is 143 Å². The third-order valence-corrected chi connectivity index (χ3v) is 4.61. The van der Waals surface area contributed by atoms with Gasteiger partial charge in [-0.15, -0.1) is 0 Å². The van der Waals surface area contributed by atoms with Gasteiger partial charge in [0.05, 0.1) is 11.6 Å². The predicted octanol–water partition coefficient (Wildman–Crippen LogP) is 1.96. The minimum atomic E-state index is -0.795. The molecular weight excluding hydrogens is 326 g/mol. The van der Waals surface area contributed by atoms with E-state index < -0.39 is 11.6 Å². The zero-order valence-corrected chi connectivity index (χ0v) is 13.9. The van der Waals surface area contributed by atoms with E-state index in [0.29, 0.717) is 12.1 Å². The Hall–Kier alpha value is -2.61. The van der Waals surface area contributed by atoms with Crippen LogP contribution in [0.1, 0.15) is 5.56 Å². The predicted molar refractivity (Wildman–Crippen MR) is 90.2 cm³/mol. The number of piperazine rings is 1. The normalized spacial score (nSPS) is 15.9. The van der Waals surface area contributed by atoms with Gasteiger partial charge in [-0.2, -0.15) is 5.10 Å². The Morgan fingerprint density at radius 3 is 2.68 bits per heavy atom. The summed E-state index contributed by atoms with van der Waals surface area (Å²) < 4.78 is 28.9. The van der Waals surface area contributed by atoms with Crippen molar-refractivity contribution in [3.05, 3.63) is 47.9 Å². The molecule has 0 unspecified atom stereocenters. The number of benzene rings is 1. The molecule has 8 heteroatoms. The molecule has 1 aliphatic heterocycles. The molecule has 1 aromatic carbocycles. The molecule has 1 aliphatic rings. The first kappa shape index (κ1) is 15.9. The molecule has 1 fully saturated rings. The van der Waals surface area contributed by atoms with Crippen molar-refractivity contribution in [3.63, 3.8) is 0 Å². The lowest BCUT2D eigenvalue weighted by molar-refractivity contribution is 0.245. The van der Waals surface area contributed by atoms with Crippen LogP contribution in [0.4, 0.5) is 14.6 Å². The summed E-state index contributed by atoms with van der Waals surface area (Å²) >= 11 is 0. The van der Waals surface area contributed by atoms with Crippen LogP contribution in [0, 0.1) is 11.6 Å². The molecule has 4 rings (SSSR count). The molecule has 3 aromatic rings. The molecule has 25 heavy (non-hydrogen) atoms. The van der Waals surface area contributed by atoms with Gasteiger partial charge in [0, 0.05) is 45.3 Å². The monoisotopic (exact) mass is 344 g/mol. The molecule has 0 bridgehead atoms. The summed E-state index contributed by atoms with van der Waals surface area (Å²) in [4.78, 5) is 13.0. The van der Waals surface area contributed by atoms with Gasteiger partial charge in [-0.05, 0) is 6.07 Å². The van der Waals surface area contributed by atoms with Crippen molar-refractivity contribution in [2.24, 2.45) is 7.05 Å². The molecule has 3 heterocycles. The average Bonchev–Trinajstić information content (AvgIpc) is 3.01. The van der Waals surface area contributed by atoms with Crippen LogP contribution in [0.2, 0.25) is 0 Å². The quantitative estimate of drug-likeness (QED) is 0.727. The van der Waals surface area contributed by atoms with Crippen LogP contribution in [0.5, 0.6) is 0 Å². The van der Waals surface area contributed by atoms with Crippen LogP contribution in [0.15, 0.2) is 30.7 Å². The van der Waals surface area contributed by atoms with Crippen molar-refractivity contribution < 1.29 is 8.78 Å². The van der Waals surface area contributed by atoms with Crippen LogP contribution in [-0.4, -0.2) is 50.8 Å². The number of hydrogen-bond acceptors (Lipinski definition) is 5. The van der Waals surface area contributed by atoms with Crippen molar-refractivity contribution in [1.29, 1.82) is 0 Å². The van der Waals surface area contributed by atoms with Crippen LogP contribution in [-0.2, 0) is 13.6 Å². The third-order valence-electron chi connectivity index (χ3n) is 4.61. The van der Waals surface area contributed by atoms with E-state index in [4.69, 9.17) is 0 Å². The third kappa shape index (κ3) is 2.93. The van der Waals surface area contributed by atoms with Gasteiger partial charge >= 0.3 is 0 Å². The summed E-state index contributed by atoms with van der Waals surface area (Å²) in [6.45, 7) is 3.43. The van der Waals surface area contributed by atoms with Crippen molar-refractivity contribution in [2.75, 3.05) is 31.1 Å². The van der Waals surface area contributed by atoms with E-state index in [1.807, 2.05) is 7.05 Å². The second-order valence-corrected chi connectivity index (χ2v) is 6.18. The van der Waals surface area contributed by atoms with Gasteiger partial charge in [-0.3, -0.25) is 9.58 Å². The van der Waals surface area contributed by atoms with Gasteiger partial charge in [-0.25, -0.2) is 18.7 Å². The first-order valence-corrected chi connectivity index (χ1v) is 8.16. The molecule has 0 amide bonds. The number of aromatic nitrogens is 4. The lowest BCUT2D eigenvalue weighted by atomic mass is 10.1. The van der Waals surface area contributed by atoms with Crippen molar-refractivity contribution in [2.45, 2.75) is 6.54 Å². The van der Waals surface area contributed by atoms with Crippen molar-refractivity contribution in [3.8, 4) is 0 Å². The fraction of sp³-hybridized carbons (Fsp3) is 0.353. The van der Waals surface area contributed by atoms with Crippen LogP contribution in [0.25, 0.3) is 11.0 Å². The molecule has 0 radical (unpaired) electrons. The van der Waals surface area contributed by atoms with Gasteiger partial charge in [-0.1, -0.05) is 12.1 Å². The maximum absolute atomic E-state index is 13.8. The highest BCUT2D eigenvalue weighted by Gasteiger charge is 2.22. The summed E-state index contributed by atoms with van der Waals surface area (Å²) in [5.41, 5.74) is 1.19. The van der Waals surface area contributed by atoms with Gasteiger partial charge in [0.15, 0.2) is 17.3 Å².